The Hall–Kier alpha value is -2.04. The summed E-state index contributed by atoms with van der Waals surface area (Å²) in [5.41, 5.74) is 0.464. The van der Waals surface area contributed by atoms with Crippen molar-refractivity contribution in [3.8, 4) is 0 Å². The second-order valence-electron chi connectivity index (χ2n) is 5.41. The quantitative estimate of drug-likeness (QED) is 0.725. The van der Waals surface area contributed by atoms with E-state index < -0.39 is 17.6 Å². The molecular weight excluding hydrogens is 282 g/mol. The lowest BCUT2D eigenvalue weighted by Gasteiger charge is -2.38. The van der Waals surface area contributed by atoms with Crippen molar-refractivity contribution < 1.29 is 19.1 Å². The van der Waals surface area contributed by atoms with E-state index >= 15 is 0 Å². The molecule has 0 radical (unpaired) electrons. The molecule has 0 aromatic heterocycles. The van der Waals surface area contributed by atoms with Crippen molar-refractivity contribution in [1.82, 2.24) is 4.90 Å². The molecular formula is C17H25NO4. The zero-order chi connectivity index (χ0) is 16.6. The van der Waals surface area contributed by atoms with Crippen molar-refractivity contribution in [1.29, 1.82) is 0 Å². The molecule has 0 aliphatic rings. The third kappa shape index (κ3) is 4.76. The van der Waals surface area contributed by atoms with E-state index in [0.717, 1.165) is 18.4 Å². The number of carbonyl (C=O) groups excluding carboxylic acids is 2. The van der Waals surface area contributed by atoms with Gasteiger partial charge in [-0.15, -0.1) is 0 Å². The molecule has 1 aromatic carbocycles. The van der Waals surface area contributed by atoms with Crippen LogP contribution in [0.1, 0.15) is 39.2 Å². The van der Waals surface area contributed by atoms with Crippen LogP contribution in [0.4, 0.5) is 4.79 Å². The second kappa shape index (κ2) is 8.41. The molecule has 122 valence electrons. The van der Waals surface area contributed by atoms with Crippen LogP contribution in [0.3, 0.4) is 0 Å². The fourth-order valence-electron chi connectivity index (χ4n) is 2.10. The number of amides is 1. The van der Waals surface area contributed by atoms with Crippen LogP contribution in [0.25, 0.3) is 0 Å². The van der Waals surface area contributed by atoms with Gasteiger partial charge in [0.15, 0.2) is 0 Å². The van der Waals surface area contributed by atoms with Gasteiger partial charge in [0.1, 0.15) is 13.2 Å². The van der Waals surface area contributed by atoms with Gasteiger partial charge in [0.2, 0.25) is 0 Å². The SMILES string of the molecule is CCC(C)(CC)N(CC(=O)OC)C(=O)OCc1ccccc1. The van der Waals surface area contributed by atoms with E-state index in [1.807, 2.05) is 51.1 Å². The number of carbonyl (C=O) groups is 2. The highest BCUT2D eigenvalue weighted by Gasteiger charge is 2.35. The zero-order valence-corrected chi connectivity index (χ0v) is 13.8. The van der Waals surface area contributed by atoms with Gasteiger partial charge in [0.05, 0.1) is 7.11 Å². The largest absolute Gasteiger partial charge is 0.468 e. The highest BCUT2D eigenvalue weighted by molar-refractivity contribution is 5.78. The monoisotopic (exact) mass is 307 g/mol. The molecule has 0 fully saturated rings. The van der Waals surface area contributed by atoms with E-state index in [9.17, 15) is 9.59 Å². The van der Waals surface area contributed by atoms with E-state index in [4.69, 9.17) is 4.74 Å². The summed E-state index contributed by atoms with van der Waals surface area (Å²) in [5.74, 6) is -0.454. The van der Waals surface area contributed by atoms with Crippen molar-refractivity contribution >= 4 is 12.1 Å². The summed E-state index contributed by atoms with van der Waals surface area (Å²) in [6.07, 6.45) is 0.947. The topological polar surface area (TPSA) is 55.8 Å². The average molecular weight is 307 g/mol. The van der Waals surface area contributed by atoms with E-state index in [-0.39, 0.29) is 13.2 Å². The molecule has 0 aliphatic carbocycles. The number of ether oxygens (including phenoxy) is 2. The zero-order valence-electron chi connectivity index (χ0n) is 13.8. The first-order valence-corrected chi connectivity index (χ1v) is 7.52. The number of rotatable bonds is 7. The maximum Gasteiger partial charge on any atom is 0.411 e. The fourth-order valence-corrected chi connectivity index (χ4v) is 2.10. The standard InChI is InChI=1S/C17H25NO4/c1-5-17(3,6-2)18(12-15(19)21-4)16(20)22-13-14-10-8-7-9-11-14/h7-11H,5-6,12-13H2,1-4H3. The van der Waals surface area contributed by atoms with Crippen LogP contribution in [0.2, 0.25) is 0 Å². The van der Waals surface area contributed by atoms with Crippen LogP contribution >= 0.6 is 0 Å². The smallest absolute Gasteiger partial charge is 0.411 e. The number of esters is 1. The van der Waals surface area contributed by atoms with E-state index in [2.05, 4.69) is 4.74 Å². The maximum atomic E-state index is 12.4. The van der Waals surface area contributed by atoms with Crippen LogP contribution in [0, 0.1) is 0 Å². The Morgan fingerprint density at radius 1 is 1.14 bits per heavy atom. The number of methoxy groups -OCH3 is 1. The third-order valence-corrected chi connectivity index (χ3v) is 4.12. The van der Waals surface area contributed by atoms with Gasteiger partial charge in [-0.25, -0.2) is 4.79 Å². The summed E-state index contributed by atoms with van der Waals surface area (Å²) < 4.78 is 10.1. The van der Waals surface area contributed by atoms with Crippen molar-refractivity contribution in [2.45, 2.75) is 45.8 Å². The molecule has 0 saturated heterocycles. The third-order valence-electron chi connectivity index (χ3n) is 4.12. The molecule has 0 aliphatic heterocycles. The average Bonchev–Trinajstić information content (AvgIpc) is 2.57. The molecule has 1 amide bonds. The molecule has 0 atom stereocenters. The first-order valence-electron chi connectivity index (χ1n) is 7.52. The van der Waals surface area contributed by atoms with Crippen LogP contribution in [-0.4, -0.2) is 36.2 Å². The highest BCUT2D eigenvalue weighted by Crippen LogP contribution is 2.24. The Morgan fingerprint density at radius 3 is 2.23 bits per heavy atom. The van der Waals surface area contributed by atoms with Crippen molar-refractivity contribution in [2.24, 2.45) is 0 Å². The number of hydrogen-bond acceptors (Lipinski definition) is 4. The molecule has 0 unspecified atom stereocenters. The predicted octanol–water partition coefficient (Wildman–Crippen LogP) is 3.38. The normalized spacial score (nSPS) is 10.9. The second-order valence-corrected chi connectivity index (χ2v) is 5.41. The van der Waals surface area contributed by atoms with Gasteiger partial charge in [0, 0.05) is 5.54 Å². The molecule has 0 spiro atoms. The van der Waals surface area contributed by atoms with E-state index in [0.29, 0.717) is 0 Å². The molecule has 1 rings (SSSR count). The lowest BCUT2D eigenvalue weighted by Crippen LogP contribution is -2.51. The first-order chi connectivity index (χ1) is 10.5. The Bertz CT molecular complexity index is 483. The lowest BCUT2D eigenvalue weighted by molar-refractivity contribution is -0.143. The van der Waals surface area contributed by atoms with Crippen molar-refractivity contribution in [2.75, 3.05) is 13.7 Å². The number of nitrogens with zero attached hydrogens (tertiary/aromatic N) is 1. The maximum absolute atomic E-state index is 12.4. The minimum atomic E-state index is -0.500. The Morgan fingerprint density at radius 2 is 1.73 bits per heavy atom. The summed E-state index contributed by atoms with van der Waals surface area (Å²) in [6.45, 7) is 5.99. The Labute approximate surface area is 132 Å². The van der Waals surface area contributed by atoms with Gasteiger partial charge in [-0.2, -0.15) is 0 Å². The summed E-state index contributed by atoms with van der Waals surface area (Å²) in [7, 11) is 1.31. The van der Waals surface area contributed by atoms with Gasteiger partial charge in [0.25, 0.3) is 0 Å². The molecule has 5 heteroatoms. The van der Waals surface area contributed by atoms with Crippen LogP contribution in [0.15, 0.2) is 30.3 Å². The van der Waals surface area contributed by atoms with Gasteiger partial charge >= 0.3 is 12.1 Å². The van der Waals surface area contributed by atoms with Gasteiger partial charge < -0.3 is 9.47 Å². The van der Waals surface area contributed by atoms with Gasteiger partial charge in [-0.05, 0) is 25.3 Å². The molecule has 1 aromatic rings. The number of benzene rings is 1. The van der Waals surface area contributed by atoms with Crippen LogP contribution in [0.5, 0.6) is 0 Å². The molecule has 5 nitrogen and oxygen atoms in total. The first kappa shape index (κ1) is 18.0. The van der Waals surface area contributed by atoms with E-state index in [1.165, 1.54) is 12.0 Å². The fraction of sp³-hybridized carbons (Fsp3) is 0.529. The molecule has 0 saturated carbocycles. The Balaban J connectivity index is 2.81. The van der Waals surface area contributed by atoms with Crippen molar-refractivity contribution in [3.63, 3.8) is 0 Å². The molecule has 22 heavy (non-hydrogen) atoms. The van der Waals surface area contributed by atoms with Crippen molar-refractivity contribution in [3.05, 3.63) is 35.9 Å². The Kier molecular flexibility index (Phi) is 6.89. The lowest BCUT2D eigenvalue weighted by atomic mass is 9.93. The molecule has 0 bridgehead atoms. The van der Waals surface area contributed by atoms with Gasteiger partial charge in [-0.3, -0.25) is 9.69 Å². The summed E-state index contributed by atoms with van der Waals surface area (Å²) >= 11 is 0. The minimum absolute atomic E-state index is 0.109. The minimum Gasteiger partial charge on any atom is -0.468 e. The molecule has 0 heterocycles. The summed E-state index contributed by atoms with van der Waals surface area (Å²) in [4.78, 5) is 25.5. The summed E-state index contributed by atoms with van der Waals surface area (Å²) in [6, 6.07) is 9.45. The highest BCUT2D eigenvalue weighted by atomic mass is 16.6. The summed E-state index contributed by atoms with van der Waals surface area (Å²) in [5, 5.41) is 0. The van der Waals surface area contributed by atoms with E-state index in [1.54, 1.807) is 0 Å². The van der Waals surface area contributed by atoms with Crippen LogP contribution in [-0.2, 0) is 20.9 Å². The van der Waals surface area contributed by atoms with Gasteiger partial charge in [-0.1, -0.05) is 44.2 Å². The number of hydrogen-bond donors (Lipinski definition) is 0. The molecule has 0 N–H and O–H groups in total. The van der Waals surface area contributed by atoms with Crippen LogP contribution < -0.4 is 0 Å². The predicted molar refractivity (Wildman–Crippen MR) is 84.3 cm³/mol.